The SMILES string of the molecule is CCc1ccc(C(=O)c2c(O)cc(O)cc2Cl)c(F)c1. The van der Waals surface area contributed by atoms with E-state index in [9.17, 15) is 19.4 Å². The standard InChI is InChI=1S/C15H12ClFO3/c1-2-8-3-4-10(12(17)5-8)15(20)14-11(16)6-9(18)7-13(14)19/h3-7,18-19H,2H2,1H3. The number of phenolic OH excluding ortho intramolecular Hbond substituents is 2. The molecule has 2 N–H and O–H groups in total. The highest BCUT2D eigenvalue weighted by molar-refractivity contribution is 6.35. The number of halogens is 2. The van der Waals surface area contributed by atoms with Crippen LogP contribution in [0, 0.1) is 5.82 Å². The summed E-state index contributed by atoms with van der Waals surface area (Å²) in [4.78, 5) is 12.3. The molecule has 0 bridgehead atoms. The zero-order chi connectivity index (χ0) is 14.9. The minimum atomic E-state index is -0.729. The third-order valence-corrected chi connectivity index (χ3v) is 3.27. The Morgan fingerprint density at radius 2 is 1.95 bits per heavy atom. The number of phenols is 2. The lowest BCUT2D eigenvalue weighted by Crippen LogP contribution is -2.06. The second kappa shape index (κ2) is 5.51. The molecule has 0 unspecified atom stereocenters. The van der Waals surface area contributed by atoms with Crippen LogP contribution in [-0.2, 0) is 6.42 Å². The summed E-state index contributed by atoms with van der Waals surface area (Å²) in [6.45, 7) is 1.87. The number of carbonyl (C=O) groups is 1. The number of hydrogen-bond donors (Lipinski definition) is 2. The van der Waals surface area contributed by atoms with Gasteiger partial charge in [0.25, 0.3) is 0 Å². The Hall–Kier alpha value is -2.07. The molecule has 0 heterocycles. The maximum atomic E-state index is 13.9. The molecule has 0 atom stereocenters. The Balaban J connectivity index is 2.52. The number of aryl methyl sites for hydroxylation is 1. The van der Waals surface area contributed by atoms with E-state index in [1.165, 1.54) is 12.1 Å². The number of carbonyl (C=O) groups excluding carboxylic acids is 1. The second-order valence-electron chi connectivity index (χ2n) is 4.32. The lowest BCUT2D eigenvalue weighted by Gasteiger charge is -2.08. The molecule has 104 valence electrons. The van der Waals surface area contributed by atoms with Crippen molar-refractivity contribution < 1.29 is 19.4 Å². The van der Waals surface area contributed by atoms with Gasteiger partial charge in [-0.15, -0.1) is 0 Å². The first-order valence-electron chi connectivity index (χ1n) is 5.98. The topological polar surface area (TPSA) is 57.5 Å². The molecule has 20 heavy (non-hydrogen) atoms. The van der Waals surface area contributed by atoms with Crippen molar-refractivity contribution in [2.75, 3.05) is 0 Å². The van der Waals surface area contributed by atoms with E-state index in [2.05, 4.69) is 0 Å². The van der Waals surface area contributed by atoms with Gasteiger partial charge in [-0.3, -0.25) is 4.79 Å². The van der Waals surface area contributed by atoms with Crippen molar-refractivity contribution in [1.29, 1.82) is 0 Å². The molecule has 0 amide bonds. The maximum Gasteiger partial charge on any atom is 0.201 e. The summed E-state index contributed by atoms with van der Waals surface area (Å²) in [7, 11) is 0. The van der Waals surface area contributed by atoms with Gasteiger partial charge in [-0.25, -0.2) is 4.39 Å². The van der Waals surface area contributed by atoms with Crippen molar-refractivity contribution in [2.24, 2.45) is 0 Å². The quantitative estimate of drug-likeness (QED) is 0.849. The fraction of sp³-hybridized carbons (Fsp3) is 0.133. The summed E-state index contributed by atoms with van der Waals surface area (Å²) in [5, 5.41) is 18.8. The van der Waals surface area contributed by atoms with Crippen LogP contribution < -0.4 is 0 Å². The van der Waals surface area contributed by atoms with E-state index in [4.69, 9.17) is 11.6 Å². The Morgan fingerprint density at radius 1 is 1.25 bits per heavy atom. The Bertz CT molecular complexity index is 660. The normalized spacial score (nSPS) is 10.6. The highest BCUT2D eigenvalue weighted by Crippen LogP contribution is 2.33. The molecule has 0 fully saturated rings. The minimum absolute atomic E-state index is 0.133. The number of rotatable bonds is 3. The van der Waals surface area contributed by atoms with Gasteiger partial charge < -0.3 is 10.2 Å². The van der Waals surface area contributed by atoms with Gasteiger partial charge in [0.1, 0.15) is 17.3 Å². The zero-order valence-electron chi connectivity index (χ0n) is 10.7. The van der Waals surface area contributed by atoms with Gasteiger partial charge in [-0.2, -0.15) is 0 Å². The van der Waals surface area contributed by atoms with E-state index in [-0.39, 0.29) is 21.9 Å². The van der Waals surface area contributed by atoms with Crippen LogP contribution in [0.2, 0.25) is 5.02 Å². The summed E-state index contributed by atoms with van der Waals surface area (Å²) in [5.41, 5.74) is 0.359. The van der Waals surface area contributed by atoms with Crippen molar-refractivity contribution in [3.8, 4) is 11.5 Å². The molecule has 2 aromatic rings. The van der Waals surface area contributed by atoms with Crippen molar-refractivity contribution in [3.05, 3.63) is 57.9 Å². The lowest BCUT2D eigenvalue weighted by atomic mass is 9.99. The van der Waals surface area contributed by atoms with Gasteiger partial charge in [0.2, 0.25) is 5.78 Å². The van der Waals surface area contributed by atoms with Gasteiger partial charge in [0, 0.05) is 6.07 Å². The number of aromatic hydroxyl groups is 2. The van der Waals surface area contributed by atoms with Crippen LogP contribution in [0.4, 0.5) is 4.39 Å². The van der Waals surface area contributed by atoms with Crippen LogP contribution in [0.25, 0.3) is 0 Å². The highest BCUT2D eigenvalue weighted by Gasteiger charge is 2.21. The maximum absolute atomic E-state index is 13.9. The van der Waals surface area contributed by atoms with Gasteiger partial charge >= 0.3 is 0 Å². The highest BCUT2D eigenvalue weighted by atomic mass is 35.5. The third-order valence-electron chi connectivity index (χ3n) is 2.97. The summed E-state index contributed by atoms with van der Waals surface area (Å²) in [5.74, 6) is -2.16. The van der Waals surface area contributed by atoms with E-state index in [1.807, 2.05) is 6.92 Å². The van der Waals surface area contributed by atoms with Crippen LogP contribution in [0.1, 0.15) is 28.4 Å². The molecule has 0 saturated heterocycles. The molecular formula is C15H12ClFO3. The van der Waals surface area contributed by atoms with E-state index >= 15 is 0 Å². The fourth-order valence-corrected chi connectivity index (χ4v) is 2.19. The summed E-state index contributed by atoms with van der Waals surface area (Å²) >= 11 is 5.83. The van der Waals surface area contributed by atoms with Crippen molar-refractivity contribution in [2.45, 2.75) is 13.3 Å². The molecule has 0 radical (unpaired) electrons. The van der Waals surface area contributed by atoms with Crippen LogP contribution >= 0.6 is 11.6 Å². The fourth-order valence-electron chi connectivity index (χ4n) is 1.90. The van der Waals surface area contributed by atoms with Crippen molar-refractivity contribution in [3.63, 3.8) is 0 Å². The third kappa shape index (κ3) is 2.60. The van der Waals surface area contributed by atoms with Crippen LogP contribution in [0.15, 0.2) is 30.3 Å². The van der Waals surface area contributed by atoms with Crippen molar-refractivity contribution in [1.82, 2.24) is 0 Å². The second-order valence-corrected chi connectivity index (χ2v) is 4.73. The summed E-state index contributed by atoms with van der Waals surface area (Å²) in [6, 6.07) is 6.38. The minimum Gasteiger partial charge on any atom is -0.508 e. The predicted octanol–water partition coefficient (Wildman–Crippen LogP) is 3.68. The van der Waals surface area contributed by atoms with Crippen LogP contribution in [-0.4, -0.2) is 16.0 Å². The van der Waals surface area contributed by atoms with Crippen LogP contribution in [0.3, 0.4) is 0 Å². The largest absolute Gasteiger partial charge is 0.508 e. The first kappa shape index (κ1) is 14.3. The van der Waals surface area contributed by atoms with Crippen LogP contribution in [0.5, 0.6) is 11.5 Å². The smallest absolute Gasteiger partial charge is 0.201 e. The Kier molecular flexibility index (Phi) is 3.95. The number of hydrogen-bond acceptors (Lipinski definition) is 3. The van der Waals surface area contributed by atoms with Gasteiger partial charge in [-0.05, 0) is 30.2 Å². The van der Waals surface area contributed by atoms with E-state index < -0.39 is 17.3 Å². The lowest BCUT2D eigenvalue weighted by molar-refractivity contribution is 0.103. The molecular weight excluding hydrogens is 283 g/mol. The van der Waals surface area contributed by atoms with Gasteiger partial charge in [0.05, 0.1) is 16.1 Å². The van der Waals surface area contributed by atoms with Gasteiger partial charge in [-0.1, -0.05) is 24.6 Å². The summed E-state index contributed by atoms with van der Waals surface area (Å²) < 4.78 is 13.9. The molecule has 0 aromatic heterocycles. The molecule has 2 rings (SSSR count). The molecule has 0 aliphatic heterocycles. The zero-order valence-corrected chi connectivity index (χ0v) is 11.4. The van der Waals surface area contributed by atoms with E-state index in [1.54, 1.807) is 6.07 Å². The molecule has 3 nitrogen and oxygen atoms in total. The first-order valence-corrected chi connectivity index (χ1v) is 6.36. The number of ketones is 1. The van der Waals surface area contributed by atoms with E-state index in [0.717, 1.165) is 17.7 Å². The summed E-state index contributed by atoms with van der Waals surface area (Å²) in [6.07, 6.45) is 0.649. The average molecular weight is 295 g/mol. The van der Waals surface area contributed by atoms with Crippen molar-refractivity contribution >= 4 is 17.4 Å². The van der Waals surface area contributed by atoms with Gasteiger partial charge in [0.15, 0.2) is 0 Å². The average Bonchev–Trinajstić information content (AvgIpc) is 2.37. The van der Waals surface area contributed by atoms with E-state index in [0.29, 0.717) is 6.42 Å². The first-order chi connectivity index (χ1) is 9.43. The molecule has 0 aliphatic rings. The monoisotopic (exact) mass is 294 g/mol. The molecule has 5 heteroatoms. The molecule has 0 spiro atoms. The predicted molar refractivity (Wildman–Crippen MR) is 74.0 cm³/mol. The molecule has 0 aliphatic carbocycles. The number of benzene rings is 2. The Morgan fingerprint density at radius 3 is 2.50 bits per heavy atom. The molecule has 2 aromatic carbocycles. The Labute approximate surface area is 120 Å². The molecule has 0 saturated carbocycles.